The molecule has 1 aliphatic heterocycles. The number of nitrogens with two attached hydrogens (primary N) is 1. The van der Waals surface area contributed by atoms with E-state index in [1.165, 1.54) is 12.8 Å². The first kappa shape index (κ1) is 19.1. The van der Waals surface area contributed by atoms with Crippen molar-refractivity contribution >= 4 is 27.8 Å². The van der Waals surface area contributed by atoms with E-state index in [0.29, 0.717) is 18.3 Å². The van der Waals surface area contributed by atoms with Crippen LogP contribution in [-0.2, 0) is 22.7 Å². The fraction of sp³-hybridized carbons (Fsp3) is 0.524. The number of ether oxygens (including phenoxy) is 1. The summed E-state index contributed by atoms with van der Waals surface area (Å²) in [5.41, 5.74) is 9.05. The minimum Gasteiger partial charge on any atom is -0.382 e. The summed E-state index contributed by atoms with van der Waals surface area (Å²) in [7, 11) is 3.58. The SMILES string of the molecule is CON(C)Cc1nc2c(N)nc3ccccc3c2n1CC1CCCCOCC1. The highest BCUT2D eigenvalue weighted by molar-refractivity contribution is 6.06. The van der Waals surface area contributed by atoms with E-state index >= 15 is 0 Å². The monoisotopic (exact) mass is 383 g/mol. The minimum absolute atomic E-state index is 0.481. The van der Waals surface area contributed by atoms with Crippen molar-refractivity contribution in [2.45, 2.75) is 38.8 Å². The maximum atomic E-state index is 6.29. The van der Waals surface area contributed by atoms with E-state index < -0.39 is 0 Å². The third-order valence-electron chi connectivity index (χ3n) is 5.63. The van der Waals surface area contributed by atoms with Gasteiger partial charge in [0.1, 0.15) is 11.3 Å². The molecule has 3 heterocycles. The number of pyridine rings is 1. The highest BCUT2D eigenvalue weighted by atomic mass is 16.7. The quantitative estimate of drug-likeness (QED) is 0.681. The predicted molar refractivity (Wildman–Crippen MR) is 111 cm³/mol. The van der Waals surface area contributed by atoms with Gasteiger partial charge in [0.15, 0.2) is 5.82 Å². The van der Waals surface area contributed by atoms with Crippen LogP contribution in [0.1, 0.15) is 31.5 Å². The number of nitrogen functional groups attached to an aromatic ring is 1. The van der Waals surface area contributed by atoms with Crippen molar-refractivity contribution in [2.75, 3.05) is 33.1 Å². The molecule has 2 aromatic heterocycles. The van der Waals surface area contributed by atoms with Gasteiger partial charge in [-0.3, -0.25) is 0 Å². The molecule has 7 heteroatoms. The Morgan fingerprint density at radius 3 is 2.93 bits per heavy atom. The van der Waals surface area contributed by atoms with E-state index in [0.717, 1.165) is 60.4 Å². The Kier molecular flexibility index (Phi) is 5.75. The molecule has 0 saturated carbocycles. The van der Waals surface area contributed by atoms with E-state index in [9.17, 15) is 0 Å². The Balaban J connectivity index is 1.83. The van der Waals surface area contributed by atoms with E-state index in [4.69, 9.17) is 20.3 Å². The fourth-order valence-corrected chi connectivity index (χ4v) is 4.06. The molecule has 0 bridgehead atoms. The van der Waals surface area contributed by atoms with Crippen LogP contribution in [0.25, 0.3) is 21.9 Å². The summed E-state index contributed by atoms with van der Waals surface area (Å²) in [5, 5.41) is 2.87. The van der Waals surface area contributed by atoms with Gasteiger partial charge in [-0.1, -0.05) is 24.6 Å². The molecular formula is C21H29N5O2. The first-order valence-electron chi connectivity index (χ1n) is 10.0. The standard InChI is InChI=1S/C21H29N5O2/c1-25(27-2)14-18-24-19-20(16-8-3-4-9-17(16)23-21(19)22)26(18)13-15-7-5-6-11-28-12-10-15/h3-4,8-9,15H,5-7,10-14H2,1-2H3,(H2,22,23). The van der Waals surface area contributed by atoms with E-state index in [-0.39, 0.29) is 0 Å². The van der Waals surface area contributed by atoms with Crippen LogP contribution in [0.3, 0.4) is 0 Å². The largest absolute Gasteiger partial charge is 0.382 e. The van der Waals surface area contributed by atoms with Crippen molar-refractivity contribution in [1.29, 1.82) is 0 Å². The molecular weight excluding hydrogens is 354 g/mol. The van der Waals surface area contributed by atoms with Gasteiger partial charge < -0.3 is 19.9 Å². The van der Waals surface area contributed by atoms with Gasteiger partial charge in [-0.2, -0.15) is 5.06 Å². The normalized spacial score (nSPS) is 18.6. The minimum atomic E-state index is 0.481. The van der Waals surface area contributed by atoms with Crippen LogP contribution >= 0.6 is 0 Å². The third kappa shape index (κ3) is 3.83. The maximum Gasteiger partial charge on any atom is 0.152 e. The molecule has 150 valence electrons. The van der Waals surface area contributed by atoms with Crippen molar-refractivity contribution in [3.63, 3.8) is 0 Å². The lowest BCUT2D eigenvalue weighted by molar-refractivity contribution is -0.118. The smallest absolute Gasteiger partial charge is 0.152 e. The molecule has 3 aromatic rings. The molecule has 1 atom stereocenters. The lowest BCUT2D eigenvalue weighted by Crippen LogP contribution is -2.22. The first-order chi connectivity index (χ1) is 13.7. The zero-order chi connectivity index (χ0) is 19.5. The van der Waals surface area contributed by atoms with E-state index in [2.05, 4.69) is 15.6 Å². The van der Waals surface area contributed by atoms with Crippen molar-refractivity contribution in [3.05, 3.63) is 30.1 Å². The Hall–Kier alpha value is -2.22. The molecule has 4 rings (SSSR count). The molecule has 1 fully saturated rings. The van der Waals surface area contributed by atoms with Crippen LogP contribution in [0.4, 0.5) is 5.82 Å². The molecule has 1 unspecified atom stereocenters. The average molecular weight is 383 g/mol. The number of aromatic nitrogens is 3. The van der Waals surface area contributed by atoms with E-state index in [1.807, 2.05) is 25.2 Å². The number of fused-ring (bicyclic) bond motifs is 3. The highest BCUT2D eigenvalue weighted by Crippen LogP contribution is 2.31. The summed E-state index contributed by atoms with van der Waals surface area (Å²) < 4.78 is 8.06. The molecule has 1 aromatic carbocycles. The lowest BCUT2D eigenvalue weighted by atomic mass is 9.97. The summed E-state index contributed by atoms with van der Waals surface area (Å²) in [6, 6.07) is 8.15. The summed E-state index contributed by atoms with van der Waals surface area (Å²) in [6.07, 6.45) is 4.62. The van der Waals surface area contributed by atoms with Crippen LogP contribution in [0.5, 0.6) is 0 Å². The number of hydroxylamine groups is 2. The fourth-order valence-electron chi connectivity index (χ4n) is 4.06. The van der Waals surface area contributed by atoms with Crippen molar-refractivity contribution in [2.24, 2.45) is 5.92 Å². The van der Waals surface area contributed by atoms with Crippen LogP contribution in [-0.4, -0.2) is 47.0 Å². The van der Waals surface area contributed by atoms with Gasteiger partial charge in [0.2, 0.25) is 0 Å². The Labute approximate surface area is 165 Å². The lowest BCUT2D eigenvalue weighted by Gasteiger charge is -2.23. The molecule has 0 aliphatic carbocycles. The number of anilines is 1. The van der Waals surface area contributed by atoms with E-state index in [1.54, 1.807) is 12.2 Å². The van der Waals surface area contributed by atoms with Crippen LogP contribution in [0.15, 0.2) is 24.3 Å². The van der Waals surface area contributed by atoms with Crippen LogP contribution in [0, 0.1) is 5.92 Å². The molecule has 7 nitrogen and oxygen atoms in total. The maximum absolute atomic E-state index is 6.29. The Morgan fingerprint density at radius 2 is 2.07 bits per heavy atom. The van der Waals surface area contributed by atoms with Crippen molar-refractivity contribution in [3.8, 4) is 0 Å². The van der Waals surface area contributed by atoms with Gasteiger partial charge in [0.25, 0.3) is 0 Å². The number of para-hydroxylation sites is 1. The molecule has 2 N–H and O–H groups in total. The zero-order valence-corrected chi connectivity index (χ0v) is 16.7. The molecule has 28 heavy (non-hydrogen) atoms. The summed E-state index contributed by atoms with van der Waals surface area (Å²) in [4.78, 5) is 14.8. The average Bonchev–Trinajstić information content (AvgIpc) is 3.02. The van der Waals surface area contributed by atoms with Gasteiger partial charge in [-0.15, -0.1) is 0 Å². The summed E-state index contributed by atoms with van der Waals surface area (Å²) in [6.45, 7) is 3.20. The number of benzene rings is 1. The highest BCUT2D eigenvalue weighted by Gasteiger charge is 2.21. The Bertz CT molecular complexity index is 947. The number of hydrogen-bond donors (Lipinski definition) is 1. The second-order valence-corrected chi connectivity index (χ2v) is 7.58. The van der Waals surface area contributed by atoms with Gasteiger partial charge in [0, 0.05) is 32.2 Å². The predicted octanol–water partition coefficient (Wildman–Crippen LogP) is 3.37. The van der Waals surface area contributed by atoms with Gasteiger partial charge in [-0.25, -0.2) is 9.97 Å². The molecule has 0 radical (unpaired) electrons. The zero-order valence-electron chi connectivity index (χ0n) is 16.7. The second-order valence-electron chi connectivity index (χ2n) is 7.58. The summed E-state index contributed by atoms with van der Waals surface area (Å²) >= 11 is 0. The summed E-state index contributed by atoms with van der Waals surface area (Å²) in [5.74, 6) is 1.99. The number of hydrogen-bond acceptors (Lipinski definition) is 6. The van der Waals surface area contributed by atoms with Gasteiger partial charge >= 0.3 is 0 Å². The van der Waals surface area contributed by atoms with Gasteiger partial charge in [-0.05, 0) is 31.2 Å². The molecule has 0 amide bonds. The van der Waals surface area contributed by atoms with Crippen molar-refractivity contribution < 1.29 is 9.57 Å². The van der Waals surface area contributed by atoms with Crippen LogP contribution < -0.4 is 5.73 Å². The molecule has 1 saturated heterocycles. The Morgan fingerprint density at radius 1 is 1.21 bits per heavy atom. The number of nitrogens with zero attached hydrogens (tertiary/aromatic N) is 4. The van der Waals surface area contributed by atoms with Crippen LogP contribution in [0.2, 0.25) is 0 Å². The van der Waals surface area contributed by atoms with Crippen molar-refractivity contribution in [1.82, 2.24) is 19.6 Å². The third-order valence-corrected chi connectivity index (χ3v) is 5.63. The molecule has 0 spiro atoms. The molecule has 1 aliphatic rings. The van der Waals surface area contributed by atoms with Gasteiger partial charge in [0.05, 0.1) is 24.7 Å². The second kappa shape index (κ2) is 8.43. The first-order valence-corrected chi connectivity index (χ1v) is 10.0. The topological polar surface area (TPSA) is 78.4 Å². The number of imidazole rings is 1. The number of rotatable bonds is 5.